The van der Waals surface area contributed by atoms with Gasteiger partial charge < -0.3 is 28.9 Å². The summed E-state index contributed by atoms with van der Waals surface area (Å²) in [5.74, 6) is 0. The highest BCUT2D eigenvalue weighted by molar-refractivity contribution is 7.00. The number of para-hydroxylation sites is 8. The molecule has 10 heteroatoms. The molecule has 10 aromatic carbocycles. The van der Waals surface area contributed by atoms with E-state index in [1.54, 1.807) is 0 Å². The summed E-state index contributed by atoms with van der Waals surface area (Å²) in [6.45, 7) is 8.47. The lowest BCUT2D eigenvalue weighted by molar-refractivity contribution is 0.00578. The molecule has 0 radical (unpaired) electrons. The number of hydrogen-bond acceptors (Lipinski definition) is 6. The lowest BCUT2D eigenvalue weighted by Gasteiger charge is -2.44. The molecule has 0 unspecified atom stereocenters. The maximum atomic E-state index is 7.04. The average molecular weight is 1040 g/mol. The minimum Gasteiger partial charge on any atom is -0.399 e. The quantitative estimate of drug-likeness (QED) is 0.134. The lowest BCUT2D eigenvalue weighted by atomic mass is 9.33. The fourth-order valence-electron chi connectivity index (χ4n) is 10.9. The summed E-state index contributed by atoms with van der Waals surface area (Å²) in [5, 5.41) is 1.34. The van der Waals surface area contributed by atoms with Crippen molar-refractivity contribution in [2.75, 3.05) is 19.6 Å². The summed E-state index contributed by atoms with van der Waals surface area (Å²) in [6.07, 6.45) is 0. The molecule has 0 saturated carbocycles. The Morgan fingerprint density at radius 3 is 1.01 bits per heavy atom. The second-order valence-corrected chi connectivity index (χ2v) is 21.1. The molecule has 0 aliphatic carbocycles. The monoisotopic (exact) mass is 1040 g/mol. The van der Waals surface area contributed by atoms with Crippen molar-refractivity contribution < 1.29 is 9.31 Å². The van der Waals surface area contributed by atoms with Crippen molar-refractivity contribution in [1.29, 1.82) is 0 Å². The first-order chi connectivity index (χ1) is 37.1. The fraction of sp³-hybridized carbons (Fsp3) is 0.104. The number of fused-ring (bicyclic) bond motifs is 4. The topological polar surface area (TPSA) is 31.4 Å². The van der Waals surface area contributed by atoms with Crippen LogP contribution in [-0.4, -0.2) is 25.0 Å². The smallest absolute Gasteiger partial charge is 0.399 e. The second-order valence-electron chi connectivity index (χ2n) is 20.2. The summed E-state index contributed by atoms with van der Waals surface area (Å²) in [6, 6.07) is 88.2. The largest absolute Gasteiger partial charge is 0.499 e. The molecule has 3 aliphatic heterocycles. The van der Waals surface area contributed by atoms with Gasteiger partial charge in [0.05, 0.1) is 11.2 Å². The van der Waals surface area contributed by atoms with Gasteiger partial charge in [-0.15, -0.1) is 0 Å². The van der Waals surface area contributed by atoms with Gasteiger partial charge in [-0.3, -0.25) is 0 Å². The van der Waals surface area contributed by atoms with E-state index in [2.05, 4.69) is 217 Å². The first-order valence-corrected chi connectivity index (χ1v) is 26.5. The summed E-state index contributed by atoms with van der Waals surface area (Å²) < 4.78 is 13.6. The maximum absolute atomic E-state index is 7.04. The van der Waals surface area contributed by atoms with Crippen molar-refractivity contribution in [2.24, 2.45) is 0 Å². The van der Waals surface area contributed by atoms with Crippen LogP contribution in [0.15, 0.2) is 255 Å². The molecule has 0 N–H and O–H groups in total. The Balaban J connectivity index is 0.000000165. The van der Waals surface area contributed by atoms with Gasteiger partial charge in [0.25, 0.3) is 6.71 Å². The maximum Gasteiger partial charge on any atom is 0.499 e. The molecule has 0 atom stereocenters. The number of anilines is 12. The third-order valence-electron chi connectivity index (χ3n) is 15.0. The molecular weight excluding hydrogens is 985 g/mol. The molecule has 0 amide bonds. The third-order valence-corrected chi connectivity index (χ3v) is 15.4. The first-order valence-electron chi connectivity index (χ1n) is 25.8. The number of hydrogen-bond donors (Lipinski definition) is 0. The summed E-state index contributed by atoms with van der Waals surface area (Å²) in [5.41, 5.74) is 16.4. The van der Waals surface area contributed by atoms with Gasteiger partial charge in [0.2, 0.25) is 0 Å². The van der Waals surface area contributed by atoms with E-state index in [1.165, 1.54) is 27.8 Å². The minimum atomic E-state index is -0.665. The number of nitrogens with zero attached hydrogens (tertiary/aromatic N) is 4. The van der Waals surface area contributed by atoms with Crippen LogP contribution in [0.4, 0.5) is 68.2 Å². The Hall–Kier alpha value is -7.97. The van der Waals surface area contributed by atoms with E-state index < -0.39 is 18.3 Å². The molecule has 1 saturated heterocycles. The predicted molar refractivity (Wildman–Crippen MR) is 329 cm³/mol. The zero-order chi connectivity index (χ0) is 52.0. The van der Waals surface area contributed by atoms with Crippen molar-refractivity contribution in [3.8, 4) is 0 Å². The van der Waals surface area contributed by atoms with Crippen LogP contribution in [0.1, 0.15) is 35.1 Å². The highest BCUT2D eigenvalue weighted by Gasteiger charge is 2.54. The number of halogens is 2. The molecule has 0 spiro atoms. The molecule has 10 aromatic rings. The van der Waals surface area contributed by atoms with E-state index in [4.69, 9.17) is 32.5 Å². The van der Waals surface area contributed by atoms with Crippen molar-refractivity contribution >= 4 is 127 Å². The van der Waals surface area contributed by atoms with Crippen molar-refractivity contribution in [3.05, 3.63) is 265 Å². The Morgan fingerprint density at radius 2 is 0.662 bits per heavy atom. The standard InChI is InChI=1S/C36H34BClN2O2.C30H20BClN2.CH4/c1-35(2)36(3,4)42-37(41-35)34-32(39(28-17-9-5-10-18-28)29-19-11-6-12-20-29)25-27(38)26-33(34)40(30-21-13-7-14-22-30)31-23-15-8-16-24-31;32-21-19-28-30-29(20-21)34(23-13-5-2-6-14-23)27-18-10-8-16-25(27)31(30)24-15-7-9-17-26(24)33(28)22-11-3-1-4-12-22;/h5-26H,1-4H3;1-20H;1H4. The fourth-order valence-corrected chi connectivity index (χ4v) is 11.3. The summed E-state index contributed by atoms with van der Waals surface area (Å²) in [7, 11) is -0.665. The highest BCUT2D eigenvalue weighted by atomic mass is 35.5. The Kier molecular flexibility index (Phi) is 14.1. The van der Waals surface area contributed by atoms with Gasteiger partial charge in [0.1, 0.15) is 0 Å². The van der Waals surface area contributed by atoms with Gasteiger partial charge in [-0.05, 0) is 153 Å². The molecule has 3 aliphatic rings. The normalized spacial score (nSPS) is 14.3. The van der Waals surface area contributed by atoms with Crippen LogP contribution >= 0.6 is 23.2 Å². The Morgan fingerprint density at radius 1 is 0.364 bits per heavy atom. The molecule has 1 fully saturated rings. The van der Waals surface area contributed by atoms with Gasteiger partial charge in [0, 0.05) is 83.8 Å². The predicted octanol–water partition coefficient (Wildman–Crippen LogP) is 16.6. The van der Waals surface area contributed by atoms with Crippen LogP contribution in [-0.2, 0) is 9.31 Å². The van der Waals surface area contributed by atoms with Crippen LogP contribution in [0.5, 0.6) is 0 Å². The Bertz CT molecular complexity index is 3360. The SMILES string of the molecule is C.CC1(C)OB(c2c(N(c3ccccc3)c3ccccc3)cc(Cl)cc2N(c2ccccc2)c2ccccc2)OC1(C)C.Clc1cc2c3c(c1)N(c1ccccc1)c1ccccc1B3c1ccccc1N2c1ccccc1. The van der Waals surface area contributed by atoms with Crippen LogP contribution in [0.25, 0.3) is 0 Å². The molecule has 0 aromatic heterocycles. The number of rotatable bonds is 9. The zero-order valence-corrected chi connectivity index (χ0v) is 44.3. The van der Waals surface area contributed by atoms with Crippen LogP contribution < -0.4 is 41.5 Å². The minimum absolute atomic E-state index is 0. The van der Waals surface area contributed by atoms with E-state index >= 15 is 0 Å². The Labute approximate surface area is 464 Å². The van der Waals surface area contributed by atoms with E-state index in [0.717, 1.165) is 67.4 Å². The lowest BCUT2D eigenvalue weighted by Crippen LogP contribution is -2.61. The van der Waals surface area contributed by atoms with Gasteiger partial charge >= 0.3 is 7.12 Å². The van der Waals surface area contributed by atoms with Gasteiger partial charge in [-0.25, -0.2) is 0 Å². The van der Waals surface area contributed by atoms with Crippen LogP contribution in [0.2, 0.25) is 10.0 Å². The molecular formula is C67H58B2Cl2N4O2. The second kappa shape index (κ2) is 21.2. The molecule has 0 bridgehead atoms. The third kappa shape index (κ3) is 9.46. The number of benzene rings is 10. The van der Waals surface area contributed by atoms with Gasteiger partial charge in [-0.1, -0.05) is 176 Å². The van der Waals surface area contributed by atoms with Crippen LogP contribution in [0, 0.1) is 0 Å². The van der Waals surface area contributed by atoms with Gasteiger partial charge in [-0.2, -0.15) is 0 Å². The molecule has 3 heterocycles. The average Bonchev–Trinajstić information content (AvgIpc) is 3.76. The van der Waals surface area contributed by atoms with Crippen molar-refractivity contribution in [1.82, 2.24) is 0 Å². The van der Waals surface area contributed by atoms with Crippen LogP contribution in [0.3, 0.4) is 0 Å². The molecule has 378 valence electrons. The van der Waals surface area contributed by atoms with Crippen molar-refractivity contribution in [2.45, 2.75) is 46.3 Å². The van der Waals surface area contributed by atoms with Gasteiger partial charge in [0.15, 0.2) is 0 Å². The summed E-state index contributed by atoms with van der Waals surface area (Å²) >= 11 is 13.9. The van der Waals surface area contributed by atoms with E-state index in [-0.39, 0.29) is 14.1 Å². The van der Waals surface area contributed by atoms with E-state index in [9.17, 15) is 0 Å². The van der Waals surface area contributed by atoms with E-state index in [1.807, 2.05) is 84.9 Å². The first kappa shape index (κ1) is 51.2. The molecule has 6 nitrogen and oxygen atoms in total. The summed E-state index contributed by atoms with van der Waals surface area (Å²) in [4.78, 5) is 9.16. The molecule has 13 rings (SSSR count). The van der Waals surface area contributed by atoms with E-state index in [0.29, 0.717) is 5.02 Å². The van der Waals surface area contributed by atoms with Crippen molar-refractivity contribution in [3.63, 3.8) is 0 Å². The zero-order valence-electron chi connectivity index (χ0n) is 42.8. The highest BCUT2D eigenvalue weighted by Crippen LogP contribution is 2.47. The molecule has 77 heavy (non-hydrogen) atoms.